The summed E-state index contributed by atoms with van der Waals surface area (Å²) in [6, 6.07) is 9.09. The summed E-state index contributed by atoms with van der Waals surface area (Å²) in [7, 11) is 0. The number of hydrogen-bond donors (Lipinski definition) is 1. The summed E-state index contributed by atoms with van der Waals surface area (Å²) in [4.78, 5) is 9.04. The Kier molecular flexibility index (Phi) is 4.42. The van der Waals surface area contributed by atoms with Crippen molar-refractivity contribution in [1.82, 2.24) is 29.9 Å². The van der Waals surface area contributed by atoms with E-state index in [-0.39, 0.29) is 5.82 Å². The number of aromatic amines is 1. The largest absolute Gasteiger partial charge is 0.336 e. The van der Waals surface area contributed by atoms with Crippen LogP contribution in [0.2, 0.25) is 0 Å². The number of hydrogen-bond acceptors (Lipinski definition) is 4. The van der Waals surface area contributed by atoms with Crippen LogP contribution in [-0.4, -0.2) is 29.9 Å². The first kappa shape index (κ1) is 17.7. The standard InChI is InChI=1S/C22H21FN6/c1-14-22(27-28-26-14)16-7-8-24-20(10-16)21-12-29(13-25-21)11-17-4-2-3-15-9-18(23)5-6-19(15)17/h5-10,12-13,17H,2-4,11H2,1H3,(H,26,27,28)/t17-/m0/s1. The van der Waals surface area contributed by atoms with E-state index in [9.17, 15) is 4.39 Å². The summed E-state index contributed by atoms with van der Waals surface area (Å²) in [5, 5.41) is 11.0. The van der Waals surface area contributed by atoms with Crippen LogP contribution in [0, 0.1) is 12.7 Å². The van der Waals surface area contributed by atoms with Crippen molar-refractivity contribution in [1.29, 1.82) is 0 Å². The molecule has 6 nitrogen and oxygen atoms in total. The lowest BCUT2D eigenvalue weighted by Gasteiger charge is -2.25. The van der Waals surface area contributed by atoms with E-state index in [1.807, 2.05) is 37.6 Å². The number of benzene rings is 1. The highest BCUT2D eigenvalue weighted by molar-refractivity contribution is 5.67. The highest BCUT2D eigenvalue weighted by Gasteiger charge is 2.21. The summed E-state index contributed by atoms with van der Waals surface area (Å²) < 4.78 is 15.7. The van der Waals surface area contributed by atoms with Gasteiger partial charge < -0.3 is 4.57 Å². The van der Waals surface area contributed by atoms with Crippen LogP contribution in [0.1, 0.15) is 35.6 Å². The average molecular weight is 388 g/mol. The SMILES string of the molecule is Cc1n[nH]nc1-c1ccnc(-c2cn(C[C@@H]3CCCc4cc(F)ccc43)cn2)c1. The summed E-state index contributed by atoms with van der Waals surface area (Å²) in [5.41, 5.74) is 6.64. The van der Waals surface area contributed by atoms with E-state index < -0.39 is 0 Å². The molecule has 0 spiro atoms. The fourth-order valence-electron chi connectivity index (χ4n) is 4.20. The van der Waals surface area contributed by atoms with Crippen molar-refractivity contribution >= 4 is 0 Å². The van der Waals surface area contributed by atoms with Gasteiger partial charge in [-0.3, -0.25) is 4.98 Å². The Morgan fingerprint density at radius 2 is 2.07 bits per heavy atom. The van der Waals surface area contributed by atoms with E-state index >= 15 is 0 Å². The van der Waals surface area contributed by atoms with Gasteiger partial charge in [-0.15, -0.1) is 0 Å². The predicted molar refractivity (Wildman–Crippen MR) is 108 cm³/mol. The van der Waals surface area contributed by atoms with Gasteiger partial charge in [0.2, 0.25) is 0 Å². The van der Waals surface area contributed by atoms with Gasteiger partial charge in [-0.25, -0.2) is 9.37 Å². The molecule has 146 valence electrons. The highest BCUT2D eigenvalue weighted by Crippen LogP contribution is 2.33. The van der Waals surface area contributed by atoms with Crippen LogP contribution in [0.4, 0.5) is 4.39 Å². The second kappa shape index (κ2) is 7.24. The molecule has 1 aliphatic rings. The molecule has 29 heavy (non-hydrogen) atoms. The van der Waals surface area contributed by atoms with E-state index in [0.717, 1.165) is 59.7 Å². The van der Waals surface area contributed by atoms with E-state index in [1.54, 1.807) is 18.3 Å². The third kappa shape index (κ3) is 3.44. The topological polar surface area (TPSA) is 72.3 Å². The van der Waals surface area contributed by atoms with Crippen LogP contribution in [0.3, 0.4) is 0 Å². The molecule has 0 amide bonds. The number of nitrogens with zero attached hydrogens (tertiary/aromatic N) is 5. The minimum Gasteiger partial charge on any atom is -0.336 e. The van der Waals surface area contributed by atoms with Gasteiger partial charge in [-0.1, -0.05) is 6.07 Å². The molecule has 0 saturated carbocycles. The highest BCUT2D eigenvalue weighted by atomic mass is 19.1. The quantitative estimate of drug-likeness (QED) is 0.566. The lowest BCUT2D eigenvalue weighted by Crippen LogP contribution is -2.15. The zero-order valence-corrected chi connectivity index (χ0v) is 16.1. The number of rotatable bonds is 4. The minimum atomic E-state index is -0.150. The van der Waals surface area contributed by atoms with E-state index in [4.69, 9.17) is 0 Å². The Hall–Kier alpha value is -3.35. The Bertz CT molecular complexity index is 1160. The zero-order chi connectivity index (χ0) is 19.8. The van der Waals surface area contributed by atoms with E-state index in [2.05, 4.69) is 29.9 Å². The Labute approximate surface area is 167 Å². The van der Waals surface area contributed by atoms with Crippen molar-refractivity contribution in [3.8, 4) is 22.6 Å². The first-order chi connectivity index (χ1) is 14.2. The van der Waals surface area contributed by atoms with Gasteiger partial charge in [0.25, 0.3) is 0 Å². The zero-order valence-electron chi connectivity index (χ0n) is 16.1. The van der Waals surface area contributed by atoms with Crippen LogP contribution < -0.4 is 0 Å². The van der Waals surface area contributed by atoms with Gasteiger partial charge in [0.05, 0.1) is 17.7 Å². The Morgan fingerprint density at radius 3 is 2.93 bits per heavy atom. The summed E-state index contributed by atoms with van der Waals surface area (Å²) in [6.07, 6.45) is 8.79. The van der Waals surface area contributed by atoms with Crippen LogP contribution >= 0.6 is 0 Å². The fraction of sp³-hybridized carbons (Fsp3) is 0.273. The molecule has 3 aromatic heterocycles. The van der Waals surface area contributed by atoms with Gasteiger partial charge in [0, 0.05) is 30.4 Å². The van der Waals surface area contributed by atoms with E-state index in [0.29, 0.717) is 5.92 Å². The van der Waals surface area contributed by atoms with Crippen molar-refractivity contribution in [2.45, 2.75) is 38.6 Å². The monoisotopic (exact) mass is 388 g/mol. The molecule has 1 aliphatic carbocycles. The molecule has 0 unspecified atom stereocenters. The number of aryl methyl sites for hydroxylation is 2. The van der Waals surface area contributed by atoms with Crippen LogP contribution in [-0.2, 0) is 13.0 Å². The first-order valence-corrected chi connectivity index (χ1v) is 9.81. The lowest BCUT2D eigenvalue weighted by molar-refractivity contribution is 0.480. The van der Waals surface area contributed by atoms with Crippen LogP contribution in [0.15, 0.2) is 49.1 Å². The smallest absolute Gasteiger partial charge is 0.123 e. The first-order valence-electron chi connectivity index (χ1n) is 9.81. The number of nitrogens with one attached hydrogen (secondary N) is 1. The van der Waals surface area contributed by atoms with Gasteiger partial charge in [0.15, 0.2) is 0 Å². The minimum absolute atomic E-state index is 0.150. The van der Waals surface area contributed by atoms with E-state index in [1.165, 1.54) is 5.56 Å². The molecule has 1 atom stereocenters. The summed E-state index contributed by atoms with van der Waals surface area (Å²) in [5.74, 6) is 0.223. The molecule has 5 rings (SSSR count). The summed E-state index contributed by atoms with van der Waals surface area (Å²) >= 11 is 0. The second-order valence-corrected chi connectivity index (χ2v) is 7.58. The Balaban J connectivity index is 1.39. The summed E-state index contributed by atoms with van der Waals surface area (Å²) in [6.45, 7) is 2.75. The maximum atomic E-state index is 13.6. The Morgan fingerprint density at radius 1 is 1.14 bits per heavy atom. The molecule has 7 heteroatoms. The van der Waals surface area contributed by atoms with Crippen molar-refractivity contribution in [2.24, 2.45) is 0 Å². The van der Waals surface area contributed by atoms with Crippen LogP contribution in [0.5, 0.6) is 0 Å². The van der Waals surface area contributed by atoms with Gasteiger partial charge in [-0.2, -0.15) is 15.4 Å². The van der Waals surface area contributed by atoms with Crippen molar-refractivity contribution in [3.63, 3.8) is 0 Å². The third-order valence-corrected chi connectivity index (χ3v) is 5.63. The molecule has 0 bridgehead atoms. The number of pyridine rings is 1. The molecular weight excluding hydrogens is 367 g/mol. The normalized spacial score (nSPS) is 16.0. The molecule has 0 fully saturated rings. The molecule has 4 aromatic rings. The third-order valence-electron chi connectivity index (χ3n) is 5.63. The van der Waals surface area contributed by atoms with Crippen molar-refractivity contribution in [3.05, 3.63) is 71.7 Å². The number of imidazole rings is 1. The molecule has 3 heterocycles. The van der Waals surface area contributed by atoms with Crippen LogP contribution in [0.25, 0.3) is 22.6 Å². The maximum Gasteiger partial charge on any atom is 0.123 e. The van der Waals surface area contributed by atoms with Crippen molar-refractivity contribution < 1.29 is 4.39 Å². The molecular formula is C22H21FN6. The molecule has 0 saturated heterocycles. The number of aromatic nitrogens is 6. The fourth-order valence-corrected chi connectivity index (χ4v) is 4.20. The number of H-pyrrole nitrogens is 1. The van der Waals surface area contributed by atoms with Gasteiger partial charge in [-0.05, 0) is 61.6 Å². The van der Waals surface area contributed by atoms with Crippen molar-refractivity contribution in [2.75, 3.05) is 0 Å². The average Bonchev–Trinajstić information content (AvgIpc) is 3.37. The molecule has 1 aromatic carbocycles. The maximum absolute atomic E-state index is 13.6. The molecule has 0 aliphatic heterocycles. The molecule has 1 N–H and O–H groups in total. The predicted octanol–water partition coefficient (Wildman–Crippen LogP) is 4.30. The van der Waals surface area contributed by atoms with Gasteiger partial charge in [0.1, 0.15) is 17.2 Å². The lowest BCUT2D eigenvalue weighted by atomic mass is 9.82. The number of halogens is 1. The van der Waals surface area contributed by atoms with Gasteiger partial charge >= 0.3 is 0 Å². The second-order valence-electron chi connectivity index (χ2n) is 7.58. The molecule has 0 radical (unpaired) electrons. The number of fused-ring (bicyclic) bond motifs is 1.